The highest BCUT2D eigenvalue weighted by molar-refractivity contribution is 5.80. The van der Waals surface area contributed by atoms with E-state index in [9.17, 15) is 31.1 Å². The zero-order chi connectivity index (χ0) is 36.9. The van der Waals surface area contributed by atoms with Crippen LogP contribution in [0.15, 0.2) is 115 Å². The third kappa shape index (κ3) is 9.38. The van der Waals surface area contributed by atoms with Crippen LogP contribution in [-0.4, -0.2) is 53.0 Å². The molecule has 0 aliphatic carbocycles. The Morgan fingerprint density at radius 2 is 1.49 bits per heavy atom. The van der Waals surface area contributed by atoms with E-state index in [4.69, 9.17) is 4.74 Å². The number of nitrogens with one attached hydrogen (secondary N) is 1. The van der Waals surface area contributed by atoms with Crippen LogP contribution < -0.4 is 5.32 Å². The van der Waals surface area contributed by atoms with Crippen molar-refractivity contribution in [1.82, 2.24) is 15.1 Å². The van der Waals surface area contributed by atoms with E-state index in [2.05, 4.69) is 41.1 Å². The van der Waals surface area contributed by atoms with E-state index >= 15 is 0 Å². The predicted octanol–water partition coefficient (Wildman–Crippen LogP) is 8.90. The Balaban J connectivity index is 1.44. The topological polar surface area (TPSA) is 44.8 Å². The first-order valence-electron chi connectivity index (χ1n) is 16.9. The summed E-state index contributed by atoms with van der Waals surface area (Å²) in [5.41, 5.74) is -1.76. The molecule has 1 amide bonds. The van der Waals surface area contributed by atoms with Crippen LogP contribution in [0.5, 0.6) is 0 Å². The lowest BCUT2D eigenvalue weighted by Crippen LogP contribution is -2.75. The summed E-state index contributed by atoms with van der Waals surface area (Å²) in [4.78, 5) is 17.8. The Morgan fingerprint density at radius 3 is 2.02 bits per heavy atom. The van der Waals surface area contributed by atoms with E-state index in [0.717, 1.165) is 11.1 Å². The average molecular weight is 712 g/mol. The fraction of sp³-hybridized carbons (Fsp3) is 0.375. The summed E-state index contributed by atoms with van der Waals surface area (Å²) in [6.45, 7) is 9.84. The number of ether oxygens (including phenoxy) is 1. The zero-order valence-electron chi connectivity index (χ0n) is 28.7. The Bertz CT molecular complexity index is 1650. The van der Waals surface area contributed by atoms with Crippen molar-refractivity contribution in [3.05, 3.63) is 143 Å². The van der Waals surface area contributed by atoms with Gasteiger partial charge in [0.15, 0.2) is 0 Å². The number of amides is 1. The molecule has 51 heavy (non-hydrogen) atoms. The van der Waals surface area contributed by atoms with Gasteiger partial charge in [-0.3, -0.25) is 14.6 Å². The molecule has 2 saturated heterocycles. The molecule has 272 valence electrons. The fourth-order valence-corrected chi connectivity index (χ4v) is 7.10. The summed E-state index contributed by atoms with van der Waals surface area (Å²) >= 11 is 0. The monoisotopic (exact) mass is 711 g/mol. The third-order valence-electron chi connectivity index (χ3n) is 9.73. The summed E-state index contributed by atoms with van der Waals surface area (Å²) in [7, 11) is 0. The molecule has 2 bridgehead atoms. The number of piperazine rings is 1. The number of nitrogens with zero attached hydrogens (tertiary/aromatic N) is 2. The predicted molar refractivity (Wildman–Crippen MR) is 185 cm³/mol. The largest absolute Gasteiger partial charge is 0.416 e. The summed E-state index contributed by atoms with van der Waals surface area (Å²) < 4.78 is 88.1. The second-order valence-electron chi connectivity index (χ2n) is 13.5. The molecule has 5 rings (SSSR count). The maximum absolute atomic E-state index is 13.7. The first-order chi connectivity index (χ1) is 24.1. The fourth-order valence-electron chi connectivity index (χ4n) is 7.10. The van der Waals surface area contributed by atoms with Crippen molar-refractivity contribution < 1.29 is 35.9 Å². The van der Waals surface area contributed by atoms with Gasteiger partial charge < -0.3 is 10.1 Å². The number of hydrogen-bond donors (Lipinski definition) is 1. The minimum absolute atomic E-state index is 0.0229. The summed E-state index contributed by atoms with van der Waals surface area (Å²) in [6, 6.07) is 21.7. The van der Waals surface area contributed by atoms with Gasteiger partial charge in [-0.25, -0.2) is 0 Å². The minimum atomic E-state index is -4.98. The maximum Gasteiger partial charge on any atom is 0.416 e. The molecular weight excluding hydrogens is 668 g/mol. The maximum atomic E-state index is 13.7. The van der Waals surface area contributed by atoms with Gasteiger partial charge in [0.1, 0.15) is 0 Å². The molecule has 3 aromatic rings. The molecule has 0 spiro atoms. The molecule has 1 unspecified atom stereocenters. The SMILES string of the molecule is C=C(/C=C\C=C/C)[C@]1(CO[C@H](C)c2cc(C(F)(F)F)cc(C(F)(F)F)c2)CC[C@]2(CN(Cc3ccccc3)Cc3ccccc3)CN1CC(=O)N2. The normalized spacial score (nSPS) is 23.2. The third-order valence-corrected chi connectivity index (χ3v) is 9.73. The first-order valence-corrected chi connectivity index (χ1v) is 16.9. The Morgan fingerprint density at radius 1 is 0.922 bits per heavy atom. The molecular formula is C40H43F6N3O2. The van der Waals surface area contributed by atoms with Crippen LogP contribution in [-0.2, 0) is 35.0 Å². The standard InChI is InChI=1S/C40H43F6N3O2/c1-4-5-8-13-29(2)38(28-51-30(3)33-20-34(39(41,42)43)22-35(21-33)40(44,45)46)19-18-37(27-49(38)25-36(50)47-37)26-48(23-31-14-9-6-10-15-31)24-32-16-11-7-12-17-32/h4-17,20-22,30H,2,18-19,23-28H2,1,3H3,(H,47,50)/b5-4-,13-8-/t30-,37+,38-/m1/s1. The highest BCUT2D eigenvalue weighted by Gasteiger charge is 2.53. The molecule has 2 heterocycles. The van der Waals surface area contributed by atoms with Crippen molar-refractivity contribution in [2.45, 2.75) is 69.3 Å². The van der Waals surface area contributed by atoms with Crippen molar-refractivity contribution in [2.24, 2.45) is 0 Å². The van der Waals surface area contributed by atoms with Crippen molar-refractivity contribution in [1.29, 1.82) is 0 Å². The molecule has 0 aromatic heterocycles. The van der Waals surface area contributed by atoms with E-state index in [1.165, 1.54) is 6.92 Å². The number of allylic oxidation sites excluding steroid dienone is 3. The van der Waals surface area contributed by atoms with Gasteiger partial charge in [-0.05, 0) is 67.2 Å². The van der Waals surface area contributed by atoms with Gasteiger partial charge in [0.05, 0.1) is 41.5 Å². The van der Waals surface area contributed by atoms with Crippen LogP contribution in [0.25, 0.3) is 0 Å². The van der Waals surface area contributed by atoms with E-state index in [1.807, 2.05) is 72.5 Å². The van der Waals surface area contributed by atoms with Crippen LogP contribution in [0.1, 0.15) is 60.6 Å². The summed E-state index contributed by atoms with van der Waals surface area (Å²) in [6.07, 6.45) is -2.79. The Kier molecular flexibility index (Phi) is 11.6. The lowest BCUT2D eigenvalue weighted by Gasteiger charge is -2.58. The van der Waals surface area contributed by atoms with Gasteiger partial charge >= 0.3 is 12.4 Å². The highest BCUT2D eigenvalue weighted by Crippen LogP contribution is 2.43. The van der Waals surface area contributed by atoms with E-state index in [1.54, 1.807) is 0 Å². The van der Waals surface area contributed by atoms with Gasteiger partial charge in [0.25, 0.3) is 0 Å². The molecule has 2 fully saturated rings. The summed E-state index contributed by atoms with van der Waals surface area (Å²) in [5, 5.41) is 3.29. The van der Waals surface area contributed by atoms with E-state index in [-0.39, 0.29) is 30.7 Å². The van der Waals surface area contributed by atoms with Gasteiger partial charge in [0.2, 0.25) is 5.91 Å². The smallest absolute Gasteiger partial charge is 0.372 e. The van der Waals surface area contributed by atoms with Gasteiger partial charge in [-0.2, -0.15) is 26.3 Å². The number of piperidine rings is 1. The average Bonchev–Trinajstić information content (AvgIpc) is 3.07. The van der Waals surface area contributed by atoms with E-state index in [0.29, 0.717) is 56.7 Å². The molecule has 2 aliphatic rings. The number of hydrogen-bond acceptors (Lipinski definition) is 4. The minimum Gasteiger partial charge on any atom is -0.372 e. The Hall–Kier alpha value is -4.19. The second kappa shape index (κ2) is 15.6. The number of rotatable bonds is 13. The van der Waals surface area contributed by atoms with Crippen LogP contribution in [0.3, 0.4) is 0 Å². The second-order valence-corrected chi connectivity index (χ2v) is 13.5. The number of alkyl halides is 6. The molecule has 3 aromatic carbocycles. The Labute approximate surface area is 295 Å². The van der Waals surface area contributed by atoms with Crippen LogP contribution in [0, 0.1) is 0 Å². The van der Waals surface area contributed by atoms with Gasteiger partial charge in [0, 0.05) is 26.2 Å². The number of benzene rings is 3. The van der Waals surface area contributed by atoms with Crippen LogP contribution >= 0.6 is 0 Å². The van der Waals surface area contributed by atoms with Crippen LogP contribution in [0.4, 0.5) is 26.3 Å². The molecule has 4 atom stereocenters. The highest BCUT2D eigenvalue weighted by atomic mass is 19.4. The lowest BCUT2D eigenvalue weighted by atomic mass is 9.72. The summed E-state index contributed by atoms with van der Waals surface area (Å²) in [5.74, 6) is -0.185. The van der Waals surface area contributed by atoms with Gasteiger partial charge in [-0.1, -0.05) is 91.5 Å². The quantitative estimate of drug-likeness (QED) is 0.142. The van der Waals surface area contributed by atoms with Crippen molar-refractivity contribution in [2.75, 3.05) is 26.2 Å². The van der Waals surface area contributed by atoms with E-state index < -0.39 is 40.7 Å². The molecule has 2 aliphatic heterocycles. The number of fused-ring (bicyclic) bond motifs is 2. The van der Waals surface area contributed by atoms with Crippen molar-refractivity contribution >= 4 is 5.91 Å². The molecule has 11 heteroatoms. The molecule has 0 radical (unpaired) electrons. The van der Waals surface area contributed by atoms with Gasteiger partial charge in [-0.15, -0.1) is 0 Å². The van der Waals surface area contributed by atoms with Crippen molar-refractivity contribution in [3.8, 4) is 0 Å². The lowest BCUT2D eigenvalue weighted by molar-refractivity contribution is -0.143. The number of carbonyl (C=O) groups excluding carboxylic acids is 1. The zero-order valence-corrected chi connectivity index (χ0v) is 28.7. The molecule has 5 nitrogen and oxygen atoms in total. The first kappa shape index (κ1) is 38.1. The number of halogens is 6. The molecule has 0 saturated carbocycles. The van der Waals surface area contributed by atoms with Crippen LogP contribution in [0.2, 0.25) is 0 Å². The number of carbonyl (C=O) groups is 1. The molecule has 1 N–H and O–H groups in total. The van der Waals surface area contributed by atoms with Crippen molar-refractivity contribution in [3.63, 3.8) is 0 Å².